The van der Waals surface area contributed by atoms with Gasteiger partial charge in [-0.3, -0.25) is 9.69 Å². The van der Waals surface area contributed by atoms with Gasteiger partial charge >= 0.3 is 0 Å². The maximum Gasteiger partial charge on any atom is 0.254 e. The first-order chi connectivity index (χ1) is 10.7. The number of carbonyl (C=O) groups is 1. The molecule has 2 aromatic rings. The Balaban J connectivity index is 1.37. The van der Waals surface area contributed by atoms with Crippen molar-refractivity contribution >= 4 is 33.2 Å². The third-order valence-corrected chi connectivity index (χ3v) is 6.09. The quantitative estimate of drug-likeness (QED) is 0.801. The van der Waals surface area contributed by atoms with Crippen molar-refractivity contribution in [1.82, 2.24) is 9.80 Å². The van der Waals surface area contributed by atoms with Gasteiger partial charge < -0.3 is 4.90 Å². The van der Waals surface area contributed by atoms with E-state index in [0.29, 0.717) is 6.04 Å². The van der Waals surface area contributed by atoms with Gasteiger partial charge in [-0.15, -0.1) is 11.3 Å². The summed E-state index contributed by atoms with van der Waals surface area (Å²) >= 11 is 5.30. The van der Waals surface area contributed by atoms with Crippen LogP contribution in [0.2, 0.25) is 0 Å². The summed E-state index contributed by atoms with van der Waals surface area (Å²) in [7, 11) is 0. The van der Waals surface area contributed by atoms with Crippen molar-refractivity contribution in [2.24, 2.45) is 0 Å². The Morgan fingerprint density at radius 1 is 1.27 bits per heavy atom. The number of fused-ring (bicyclic) bond motifs is 1. The standard InChI is InChI=1S/C17H17BrN2OS/c18-14-3-1-2-12(8-14)17(21)20-10-15(11-20)19-6-4-16-13(9-19)5-7-22-16/h1-3,5,7-8,15H,4,6,9-11H2. The molecular formula is C17H17BrN2OS. The Labute approximate surface area is 142 Å². The average Bonchev–Trinajstić information content (AvgIpc) is 2.93. The van der Waals surface area contributed by atoms with E-state index in [1.165, 1.54) is 10.4 Å². The third kappa shape index (κ3) is 2.62. The molecule has 2 aliphatic rings. The molecule has 1 fully saturated rings. The molecule has 0 saturated carbocycles. The molecule has 114 valence electrons. The molecule has 3 heterocycles. The maximum atomic E-state index is 12.5. The SMILES string of the molecule is O=C(c1cccc(Br)c1)N1CC(N2CCc3sccc3C2)C1. The molecule has 0 unspecified atom stereocenters. The summed E-state index contributed by atoms with van der Waals surface area (Å²) < 4.78 is 0.955. The molecule has 1 aromatic heterocycles. The van der Waals surface area contributed by atoms with Gasteiger partial charge in [0.15, 0.2) is 0 Å². The normalized spacial score (nSPS) is 18.9. The summed E-state index contributed by atoms with van der Waals surface area (Å²) in [6, 6.07) is 10.4. The number of thiophene rings is 1. The van der Waals surface area contributed by atoms with E-state index in [2.05, 4.69) is 32.3 Å². The van der Waals surface area contributed by atoms with Gasteiger partial charge in [0.2, 0.25) is 0 Å². The second-order valence-corrected chi connectivity index (χ2v) is 7.88. The van der Waals surface area contributed by atoms with Crippen LogP contribution >= 0.6 is 27.3 Å². The first-order valence-electron chi connectivity index (χ1n) is 7.55. The summed E-state index contributed by atoms with van der Waals surface area (Å²) in [5, 5.41) is 2.19. The van der Waals surface area contributed by atoms with Gasteiger partial charge in [0, 0.05) is 47.1 Å². The summed E-state index contributed by atoms with van der Waals surface area (Å²) in [6.07, 6.45) is 1.16. The van der Waals surface area contributed by atoms with E-state index in [9.17, 15) is 4.79 Å². The van der Waals surface area contributed by atoms with E-state index in [-0.39, 0.29) is 5.91 Å². The second kappa shape index (κ2) is 5.80. The van der Waals surface area contributed by atoms with E-state index in [1.54, 1.807) is 0 Å². The van der Waals surface area contributed by atoms with Crippen LogP contribution in [0.5, 0.6) is 0 Å². The number of likely N-dealkylation sites (tertiary alicyclic amines) is 1. The van der Waals surface area contributed by atoms with E-state index in [0.717, 1.165) is 42.6 Å². The summed E-state index contributed by atoms with van der Waals surface area (Å²) in [4.78, 5) is 18.5. The molecular weight excluding hydrogens is 360 g/mol. The fourth-order valence-electron chi connectivity index (χ4n) is 3.24. The van der Waals surface area contributed by atoms with Gasteiger partial charge in [0.05, 0.1) is 0 Å². The van der Waals surface area contributed by atoms with Crippen molar-refractivity contribution in [3.05, 3.63) is 56.2 Å². The Morgan fingerprint density at radius 2 is 2.14 bits per heavy atom. The predicted octanol–water partition coefficient (Wildman–Crippen LogP) is 3.39. The molecule has 2 aliphatic heterocycles. The Hall–Kier alpha value is -1.17. The number of carbonyl (C=O) groups excluding carboxylic acids is 1. The molecule has 4 rings (SSSR count). The van der Waals surface area contributed by atoms with E-state index in [4.69, 9.17) is 0 Å². The minimum absolute atomic E-state index is 0.144. The van der Waals surface area contributed by atoms with Crippen LogP contribution in [0.4, 0.5) is 0 Å². The molecule has 3 nitrogen and oxygen atoms in total. The number of rotatable bonds is 2. The van der Waals surface area contributed by atoms with Gasteiger partial charge in [-0.05, 0) is 41.6 Å². The van der Waals surface area contributed by atoms with Crippen molar-refractivity contribution < 1.29 is 4.79 Å². The Bertz CT molecular complexity index is 708. The average molecular weight is 377 g/mol. The lowest BCUT2D eigenvalue weighted by Crippen LogP contribution is -2.61. The highest BCUT2D eigenvalue weighted by Gasteiger charge is 2.36. The van der Waals surface area contributed by atoms with Crippen molar-refractivity contribution in [2.75, 3.05) is 19.6 Å². The number of halogens is 1. The molecule has 0 atom stereocenters. The zero-order chi connectivity index (χ0) is 15.1. The summed E-state index contributed by atoms with van der Waals surface area (Å²) in [5.74, 6) is 0.144. The van der Waals surface area contributed by atoms with E-state index in [1.807, 2.05) is 40.5 Å². The zero-order valence-corrected chi connectivity index (χ0v) is 14.6. The molecule has 0 spiro atoms. The predicted molar refractivity (Wildman–Crippen MR) is 92.3 cm³/mol. The first kappa shape index (κ1) is 14.4. The third-order valence-electron chi connectivity index (χ3n) is 4.57. The Kier molecular flexibility index (Phi) is 3.80. The fraction of sp³-hybridized carbons (Fsp3) is 0.353. The van der Waals surface area contributed by atoms with E-state index < -0.39 is 0 Å². The van der Waals surface area contributed by atoms with Crippen molar-refractivity contribution in [2.45, 2.75) is 19.0 Å². The van der Waals surface area contributed by atoms with Crippen LogP contribution in [-0.4, -0.2) is 41.4 Å². The largest absolute Gasteiger partial charge is 0.335 e. The minimum atomic E-state index is 0.144. The highest BCUT2D eigenvalue weighted by molar-refractivity contribution is 9.10. The number of amides is 1. The second-order valence-electron chi connectivity index (χ2n) is 5.96. The number of hydrogen-bond donors (Lipinski definition) is 0. The number of hydrogen-bond acceptors (Lipinski definition) is 3. The number of nitrogens with zero attached hydrogens (tertiary/aromatic N) is 2. The van der Waals surface area contributed by atoms with Crippen molar-refractivity contribution in [3.63, 3.8) is 0 Å². The minimum Gasteiger partial charge on any atom is -0.335 e. The Morgan fingerprint density at radius 3 is 2.95 bits per heavy atom. The molecule has 22 heavy (non-hydrogen) atoms. The topological polar surface area (TPSA) is 23.6 Å². The van der Waals surface area contributed by atoms with Crippen LogP contribution in [-0.2, 0) is 13.0 Å². The van der Waals surface area contributed by atoms with Crippen molar-refractivity contribution in [3.8, 4) is 0 Å². The highest BCUT2D eigenvalue weighted by Crippen LogP contribution is 2.28. The molecule has 0 bridgehead atoms. The van der Waals surface area contributed by atoms with Crippen LogP contribution in [0.1, 0.15) is 20.8 Å². The van der Waals surface area contributed by atoms with Gasteiger partial charge in [-0.25, -0.2) is 0 Å². The molecule has 1 saturated heterocycles. The molecule has 5 heteroatoms. The first-order valence-corrected chi connectivity index (χ1v) is 9.22. The van der Waals surface area contributed by atoms with Crippen LogP contribution in [0.15, 0.2) is 40.2 Å². The summed E-state index contributed by atoms with van der Waals surface area (Å²) in [6.45, 7) is 3.87. The molecule has 0 aliphatic carbocycles. The highest BCUT2D eigenvalue weighted by atomic mass is 79.9. The molecule has 0 radical (unpaired) electrons. The van der Waals surface area contributed by atoms with Crippen LogP contribution in [0, 0.1) is 0 Å². The molecule has 1 aromatic carbocycles. The van der Waals surface area contributed by atoms with Gasteiger partial charge in [0.1, 0.15) is 0 Å². The van der Waals surface area contributed by atoms with Crippen LogP contribution in [0.25, 0.3) is 0 Å². The molecule has 0 N–H and O–H groups in total. The monoisotopic (exact) mass is 376 g/mol. The fourth-order valence-corrected chi connectivity index (χ4v) is 4.53. The van der Waals surface area contributed by atoms with Crippen molar-refractivity contribution in [1.29, 1.82) is 0 Å². The summed E-state index contributed by atoms with van der Waals surface area (Å²) in [5.41, 5.74) is 2.25. The van der Waals surface area contributed by atoms with Crippen LogP contribution in [0.3, 0.4) is 0 Å². The van der Waals surface area contributed by atoms with Gasteiger partial charge in [-0.1, -0.05) is 22.0 Å². The lowest BCUT2D eigenvalue weighted by Gasteiger charge is -2.46. The van der Waals surface area contributed by atoms with Gasteiger partial charge in [0.25, 0.3) is 5.91 Å². The smallest absolute Gasteiger partial charge is 0.254 e. The van der Waals surface area contributed by atoms with Gasteiger partial charge in [-0.2, -0.15) is 0 Å². The lowest BCUT2D eigenvalue weighted by atomic mass is 10.0. The van der Waals surface area contributed by atoms with E-state index >= 15 is 0 Å². The molecule has 1 amide bonds. The number of benzene rings is 1. The zero-order valence-electron chi connectivity index (χ0n) is 12.2. The lowest BCUT2D eigenvalue weighted by molar-refractivity contribution is 0.0221. The van der Waals surface area contributed by atoms with Crippen LogP contribution < -0.4 is 0 Å². The maximum absolute atomic E-state index is 12.5.